The molecule has 20 nitrogen and oxygen atoms in total. The Bertz CT molecular complexity index is 4540. The lowest BCUT2D eigenvalue weighted by Gasteiger charge is -2.67. The Morgan fingerprint density at radius 2 is 0.717 bits per heavy atom. The van der Waals surface area contributed by atoms with Crippen LogP contribution in [0.1, 0.15) is 235 Å². The SMILES string of the molecule is CCOC(=O)C[C@H]1C[C@@]2(O)[C@H]3Cc4ccc(C)cc4[C@@]2(CCN3CC2CC2)CC12OCCO2.CCOC(=O)C[C@H]1C[C@@]2(O)[C@H]3Cc4ccc(C)cc4[C@@]2(CCN3CC2CC2)CC1=O.Cc1ccc2c(c1)[C@]13CCN(CC4CC4)[C@H](C2)[C@]1(O)C[C@H](CCO)C(=O)C3.Cc1ccc2c(c1)[C@]13CCN(CC4CC4)[C@H](C2)[C@]1(O)C[C@H](CCO)C1(C3)OCCO1. The first-order valence-electron chi connectivity index (χ1n) is 47.1. The van der Waals surface area contributed by atoms with E-state index in [-0.39, 0.29) is 96.9 Å². The topological polar surface area (TPSA) is 258 Å². The lowest BCUT2D eigenvalue weighted by molar-refractivity contribution is -0.288. The number of hydrogen-bond donors (Lipinski definition) is 6. The zero-order chi connectivity index (χ0) is 83.3. The molecule has 8 saturated carbocycles. The number of piperidine rings is 4. The number of rotatable bonds is 18. The van der Waals surface area contributed by atoms with Gasteiger partial charge in [0.15, 0.2) is 11.6 Å². The van der Waals surface area contributed by atoms with Gasteiger partial charge in [-0.3, -0.25) is 38.8 Å². The monoisotopic (exact) mass is 1650 g/mol. The van der Waals surface area contributed by atoms with Crippen LogP contribution in [-0.2, 0) is 94.9 Å². The van der Waals surface area contributed by atoms with E-state index in [4.69, 9.17) is 28.4 Å². The van der Waals surface area contributed by atoms with E-state index in [1.165, 1.54) is 118 Å². The van der Waals surface area contributed by atoms with Crippen molar-refractivity contribution < 1.29 is 78.2 Å². The number of hydrogen-bond acceptors (Lipinski definition) is 20. The van der Waals surface area contributed by atoms with E-state index in [0.29, 0.717) is 104 Å². The number of likely N-dealkylation sites (tertiary alicyclic amines) is 4. The van der Waals surface area contributed by atoms with Crippen molar-refractivity contribution in [1.82, 2.24) is 19.6 Å². The predicted octanol–water partition coefficient (Wildman–Crippen LogP) is 11.0. The van der Waals surface area contributed by atoms with Crippen molar-refractivity contribution in [2.24, 2.45) is 47.3 Å². The Labute approximate surface area is 710 Å². The molecule has 4 aromatic carbocycles. The first-order valence-corrected chi connectivity index (χ1v) is 47.1. The van der Waals surface area contributed by atoms with Crippen LogP contribution < -0.4 is 0 Å². The zero-order valence-electron chi connectivity index (χ0n) is 72.5. The van der Waals surface area contributed by atoms with E-state index in [9.17, 15) is 49.8 Å². The fraction of sp³-hybridized carbons (Fsp3) is 0.720. The van der Waals surface area contributed by atoms with Crippen LogP contribution in [0.2, 0.25) is 0 Å². The molecule has 0 radical (unpaired) electrons. The molecule has 6 heterocycles. The van der Waals surface area contributed by atoms with Crippen LogP contribution >= 0.6 is 0 Å². The summed E-state index contributed by atoms with van der Waals surface area (Å²) in [6, 6.07) is 27.1. The Balaban J connectivity index is 0.000000106. The minimum absolute atomic E-state index is 0.0138. The maximum atomic E-state index is 13.3. The van der Waals surface area contributed by atoms with Crippen LogP contribution in [0.15, 0.2) is 72.8 Å². The van der Waals surface area contributed by atoms with Gasteiger partial charge in [-0.2, -0.15) is 0 Å². The number of benzene rings is 4. The highest BCUT2D eigenvalue weighted by atomic mass is 16.7. The van der Waals surface area contributed by atoms with E-state index in [2.05, 4.69) is 120 Å². The number of ketones is 2. The van der Waals surface area contributed by atoms with Crippen molar-refractivity contribution in [3.8, 4) is 0 Å². The van der Waals surface area contributed by atoms with E-state index < -0.39 is 56.1 Å². The molecule has 0 aromatic heterocycles. The molecule has 12 aliphatic carbocycles. The van der Waals surface area contributed by atoms with E-state index in [0.717, 1.165) is 127 Å². The Morgan fingerprint density at radius 3 is 1.07 bits per heavy atom. The zero-order valence-corrected chi connectivity index (χ0v) is 72.5. The average Bonchev–Trinajstić information content (AvgIpc) is 1.34. The third kappa shape index (κ3) is 14.2. The molecule has 8 bridgehead atoms. The Hall–Kier alpha value is -5.40. The maximum Gasteiger partial charge on any atom is 0.306 e. The number of Topliss-reactive ketones (excluding diaryl/α,β-unsaturated/α-hetero) is 2. The maximum absolute atomic E-state index is 13.3. The number of ether oxygens (including phenoxy) is 6. The molecule has 0 amide bonds. The number of nitrogens with zero attached hydrogens (tertiary/aromatic N) is 4. The summed E-state index contributed by atoms with van der Waals surface area (Å²) in [5.41, 5.74) is 9.91. The molecule has 4 aromatic rings. The standard InChI is InChI=1S/C27H37NO5.C25H35NO4.C25H33NO4.C23H31NO3/c1-3-31-24(29)14-21-15-26(30)23-13-20-7-4-18(2)12-22(20)25(26,17-27(21)32-10-11-33-27)8-9-28(23)16-19-5-6-19;1-17-2-5-19-13-22-24(28)14-20(6-9-27)25(29-10-11-30-25)16-23(24,21(19)12-17)7-8-26(22)15-18-3-4-18;1-3-30-23(28)12-19-13-25(29)22-11-18-7-4-16(2)10-20(18)24(25,14-21(19)27)8-9-26(22)15-17-5-6-17;1-15-2-5-17-11-21-23(27)12-18(6-9-25)20(26)13-22(23,19(17)10-15)7-8-24(21)14-16-3-4-16/h4,7,12,19,21,23,30H,3,5-6,8-11,13-17H2,1-2H3;2,5,12,18,20,22,27-28H,3-4,6-11,13-16H2,1H3;4,7,10,17,19,22,29H,3,5-6,8-9,11-15H2,1-2H3;2,5,10,16,18,21,25,27H,3-4,6-9,11-14H2,1H3/t21-,23+,25+,26+;20-,22+,23+,24+;19-,22+,24+,25+;18-,21+,22+,23+/m0000/s1. The van der Waals surface area contributed by atoms with Crippen LogP contribution in [0.4, 0.5) is 0 Å². The quantitative estimate of drug-likeness (QED) is 0.0506. The molecule has 120 heavy (non-hydrogen) atoms. The predicted molar refractivity (Wildman–Crippen MR) is 453 cm³/mol. The highest BCUT2D eigenvalue weighted by molar-refractivity contribution is 5.88. The van der Waals surface area contributed by atoms with Crippen molar-refractivity contribution in [3.63, 3.8) is 0 Å². The second-order valence-electron chi connectivity index (χ2n) is 41.6. The number of esters is 2. The molecule has 0 unspecified atom stereocenters. The summed E-state index contributed by atoms with van der Waals surface area (Å²) < 4.78 is 35.8. The van der Waals surface area contributed by atoms with E-state index >= 15 is 0 Å². The van der Waals surface area contributed by atoms with Crippen LogP contribution in [-0.4, -0.2) is 237 Å². The molecule has 22 rings (SSSR count). The largest absolute Gasteiger partial charge is 0.466 e. The van der Waals surface area contributed by atoms with Gasteiger partial charge in [-0.25, -0.2) is 0 Å². The van der Waals surface area contributed by atoms with Gasteiger partial charge in [-0.05, 0) is 277 Å². The van der Waals surface area contributed by atoms with Crippen molar-refractivity contribution in [2.75, 3.05) is 105 Å². The van der Waals surface area contributed by atoms with E-state index in [1.54, 1.807) is 6.92 Å². The molecule has 20 heteroatoms. The van der Waals surface area contributed by atoms with Gasteiger partial charge in [0.25, 0.3) is 0 Å². The first kappa shape index (κ1) is 84.1. The number of carbonyl (C=O) groups is 4. The third-order valence-electron chi connectivity index (χ3n) is 34.5. The molecule has 2 spiro atoms. The van der Waals surface area contributed by atoms with Crippen LogP contribution in [0.5, 0.6) is 0 Å². The minimum atomic E-state index is -0.980. The summed E-state index contributed by atoms with van der Waals surface area (Å²) in [5.74, 6) is 0.558. The molecule has 652 valence electrons. The van der Waals surface area contributed by atoms with Crippen LogP contribution in [0, 0.1) is 75.0 Å². The number of fused-ring (bicyclic) bond motifs is 4. The first-order chi connectivity index (χ1) is 57.7. The van der Waals surface area contributed by atoms with Crippen molar-refractivity contribution in [1.29, 1.82) is 0 Å². The van der Waals surface area contributed by atoms with Gasteiger partial charge in [-0.1, -0.05) is 95.1 Å². The molecular formula is C100H136N4O16. The van der Waals surface area contributed by atoms with Crippen LogP contribution in [0.25, 0.3) is 0 Å². The fourth-order valence-corrected chi connectivity index (χ4v) is 28.0. The summed E-state index contributed by atoms with van der Waals surface area (Å²) in [6.07, 6.45) is 22.9. The third-order valence-corrected chi connectivity index (χ3v) is 34.5. The van der Waals surface area contributed by atoms with Gasteiger partial charge in [0, 0.05) is 135 Å². The summed E-state index contributed by atoms with van der Waals surface area (Å²) >= 11 is 0. The number of carbonyl (C=O) groups excluding carboxylic acids is 4. The number of aliphatic hydroxyl groups is 6. The van der Waals surface area contributed by atoms with Gasteiger partial charge in [-0.15, -0.1) is 0 Å². The molecule has 6 saturated heterocycles. The summed E-state index contributed by atoms with van der Waals surface area (Å²) in [7, 11) is 0. The molecular weight excluding hydrogens is 1510 g/mol. The van der Waals surface area contributed by atoms with Crippen molar-refractivity contribution >= 4 is 23.5 Å². The molecule has 6 N–H and O–H groups in total. The van der Waals surface area contributed by atoms with Crippen molar-refractivity contribution in [2.45, 2.75) is 301 Å². The number of aryl methyl sites for hydroxylation is 4. The minimum Gasteiger partial charge on any atom is -0.466 e. The smallest absolute Gasteiger partial charge is 0.306 e. The lowest BCUT2D eigenvalue weighted by atomic mass is 9.46. The van der Waals surface area contributed by atoms with Gasteiger partial charge >= 0.3 is 11.9 Å². The van der Waals surface area contributed by atoms with Gasteiger partial charge < -0.3 is 59.1 Å². The normalized spacial score (nSPS) is 37.6. The fourth-order valence-electron chi connectivity index (χ4n) is 28.0. The van der Waals surface area contributed by atoms with Gasteiger partial charge in [0.05, 0.1) is 74.9 Å². The molecule has 16 atom stereocenters. The summed E-state index contributed by atoms with van der Waals surface area (Å²) in [6.45, 7) is 23.4. The second kappa shape index (κ2) is 31.9. The van der Waals surface area contributed by atoms with E-state index in [1.807, 2.05) is 6.92 Å². The molecule has 14 fully saturated rings. The van der Waals surface area contributed by atoms with Gasteiger partial charge in [0.1, 0.15) is 11.6 Å². The molecule has 18 aliphatic rings. The highest BCUT2D eigenvalue weighted by Crippen LogP contribution is 2.68. The highest BCUT2D eigenvalue weighted by Gasteiger charge is 2.74. The summed E-state index contributed by atoms with van der Waals surface area (Å²) in [4.78, 5) is 61.2. The van der Waals surface area contributed by atoms with Crippen LogP contribution in [0.3, 0.4) is 0 Å². The lowest BCUT2D eigenvalue weighted by Crippen LogP contribution is -2.76. The van der Waals surface area contributed by atoms with Crippen molar-refractivity contribution in [3.05, 3.63) is 140 Å². The average molecular weight is 1650 g/mol. The summed E-state index contributed by atoms with van der Waals surface area (Å²) in [5, 5.41) is 69.3. The molecule has 6 aliphatic heterocycles. The number of aliphatic hydroxyl groups excluding tert-OH is 2. The second-order valence-corrected chi connectivity index (χ2v) is 41.6. The Morgan fingerprint density at radius 1 is 0.408 bits per heavy atom. The van der Waals surface area contributed by atoms with Gasteiger partial charge in [0.2, 0.25) is 0 Å². The Kier molecular flexibility index (Phi) is 22.3.